The van der Waals surface area contributed by atoms with Crippen molar-refractivity contribution < 1.29 is 33.7 Å². The molecule has 2 aromatic carbocycles. The molecule has 0 saturated heterocycles. The number of nitro benzene ring substituents is 2. The number of carbonyl (C=O) groups excluding carboxylic acids is 3. The number of nitrogens with zero attached hydrogens (tertiary/aromatic N) is 2. The van der Waals surface area contributed by atoms with Crippen molar-refractivity contribution in [3.63, 3.8) is 0 Å². The van der Waals surface area contributed by atoms with Gasteiger partial charge in [0.25, 0.3) is 11.4 Å². The minimum atomic E-state index is -1.19. The highest BCUT2D eigenvalue weighted by Crippen LogP contribution is 2.24. The van der Waals surface area contributed by atoms with E-state index in [1.807, 2.05) is 0 Å². The van der Waals surface area contributed by atoms with Gasteiger partial charge in [0.05, 0.1) is 9.85 Å². The lowest BCUT2D eigenvalue weighted by Gasteiger charge is -2.07. The third kappa shape index (κ3) is 5.72. The zero-order chi connectivity index (χ0) is 22.4. The zero-order valence-corrected chi connectivity index (χ0v) is 16.2. The molecule has 2 rings (SSSR count). The Balaban J connectivity index is 1.98. The van der Waals surface area contributed by atoms with Crippen LogP contribution >= 0.6 is 23.2 Å². The molecule has 2 aromatic rings. The Bertz CT molecular complexity index is 974. The van der Waals surface area contributed by atoms with E-state index >= 15 is 0 Å². The fourth-order valence-corrected chi connectivity index (χ4v) is 2.50. The molecule has 0 aliphatic carbocycles. The van der Waals surface area contributed by atoms with Crippen LogP contribution in [0.25, 0.3) is 0 Å². The molecule has 11 nitrogen and oxygen atoms in total. The maximum Gasteiger partial charge on any atom is 0.345 e. The van der Waals surface area contributed by atoms with E-state index in [-0.39, 0.29) is 10.0 Å². The van der Waals surface area contributed by atoms with Gasteiger partial charge in [-0.1, -0.05) is 23.2 Å². The summed E-state index contributed by atoms with van der Waals surface area (Å²) in [4.78, 5) is 56.1. The van der Waals surface area contributed by atoms with Gasteiger partial charge in [-0.25, -0.2) is 9.59 Å². The Morgan fingerprint density at radius 2 is 1.13 bits per heavy atom. The largest absolute Gasteiger partial charge is 0.454 e. The summed E-state index contributed by atoms with van der Waals surface area (Å²) in [6, 6.07) is 6.42. The lowest BCUT2D eigenvalue weighted by atomic mass is 10.2. The van der Waals surface area contributed by atoms with Gasteiger partial charge in [0, 0.05) is 22.2 Å². The van der Waals surface area contributed by atoms with Gasteiger partial charge in [-0.2, -0.15) is 0 Å². The van der Waals surface area contributed by atoms with Crippen LogP contribution in [0.3, 0.4) is 0 Å². The minimum Gasteiger partial charge on any atom is -0.454 e. The van der Waals surface area contributed by atoms with E-state index in [0.717, 1.165) is 24.3 Å². The molecule has 0 saturated carbocycles. The Hall–Kier alpha value is -3.57. The van der Waals surface area contributed by atoms with Gasteiger partial charge in [-0.05, 0) is 24.3 Å². The van der Waals surface area contributed by atoms with Crippen LogP contribution in [0.5, 0.6) is 0 Å². The number of hydrogen-bond acceptors (Lipinski definition) is 9. The summed E-state index contributed by atoms with van der Waals surface area (Å²) in [6.45, 7) is -1.74. The maximum atomic E-state index is 12.0. The average molecular weight is 457 g/mol. The molecule has 0 radical (unpaired) electrons. The Morgan fingerprint density at radius 1 is 0.767 bits per heavy atom. The number of halogens is 2. The summed E-state index contributed by atoms with van der Waals surface area (Å²) in [6.07, 6.45) is 0. The van der Waals surface area contributed by atoms with Gasteiger partial charge in [-0.3, -0.25) is 25.0 Å². The first-order valence-electron chi connectivity index (χ1n) is 7.84. The molecule has 0 bridgehead atoms. The number of benzene rings is 2. The fourth-order valence-electron chi connectivity index (χ4n) is 2.15. The number of ketones is 1. The summed E-state index contributed by atoms with van der Waals surface area (Å²) in [5.74, 6) is -3.25. The van der Waals surface area contributed by atoms with Crippen molar-refractivity contribution in [1.29, 1.82) is 0 Å². The van der Waals surface area contributed by atoms with E-state index in [4.69, 9.17) is 23.2 Å². The molecule has 30 heavy (non-hydrogen) atoms. The summed E-state index contributed by atoms with van der Waals surface area (Å²) in [7, 11) is 0. The number of Topliss-reactive ketones (excluding diaryl/α,β-unsaturated/α-hetero) is 1. The highest BCUT2D eigenvalue weighted by atomic mass is 35.5. The monoisotopic (exact) mass is 456 g/mol. The normalized spacial score (nSPS) is 10.2. The molecular weight excluding hydrogens is 447 g/mol. The number of nitro groups is 2. The van der Waals surface area contributed by atoms with E-state index in [0.29, 0.717) is 0 Å². The molecule has 0 N–H and O–H groups in total. The molecular formula is C17H10Cl2N2O9. The van der Waals surface area contributed by atoms with Crippen molar-refractivity contribution >= 4 is 52.3 Å². The van der Waals surface area contributed by atoms with Gasteiger partial charge in [-0.15, -0.1) is 0 Å². The number of esters is 2. The number of carbonyl (C=O) groups is 3. The molecule has 0 aromatic heterocycles. The number of rotatable bonds is 8. The molecule has 0 heterocycles. The van der Waals surface area contributed by atoms with Crippen molar-refractivity contribution in [2.75, 3.05) is 13.2 Å². The molecule has 0 aliphatic heterocycles. The molecule has 156 valence electrons. The van der Waals surface area contributed by atoms with Gasteiger partial charge >= 0.3 is 11.9 Å². The van der Waals surface area contributed by atoms with Crippen LogP contribution in [0.4, 0.5) is 11.4 Å². The van der Waals surface area contributed by atoms with Crippen molar-refractivity contribution in [2.45, 2.75) is 0 Å². The van der Waals surface area contributed by atoms with Gasteiger partial charge in [0.1, 0.15) is 11.1 Å². The highest BCUT2D eigenvalue weighted by molar-refractivity contribution is 6.31. The van der Waals surface area contributed by atoms with Crippen LogP contribution in [0.1, 0.15) is 20.7 Å². The predicted molar refractivity (Wildman–Crippen MR) is 102 cm³/mol. The standard InChI is InChI=1S/C17H10Cl2N2O9/c18-9-1-3-14(20(25)26)12(5-9)16(23)29-7-11(22)8-30-17(24)13-6-10(19)2-4-15(13)21(27)28/h1-6H,7-8H2. The van der Waals surface area contributed by atoms with Gasteiger partial charge < -0.3 is 9.47 Å². The van der Waals surface area contributed by atoms with E-state index in [9.17, 15) is 34.6 Å². The van der Waals surface area contributed by atoms with Crippen LogP contribution < -0.4 is 0 Å². The summed E-state index contributed by atoms with van der Waals surface area (Å²) in [5.41, 5.74) is -2.08. The van der Waals surface area contributed by atoms with Crippen LogP contribution in [0, 0.1) is 20.2 Å². The third-order valence-electron chi connectivity index (χ3n) is 3.48. The van der Waals surface area contributed by atoms with Gasteiger partial charge in [0.15, 0.2) is 13.2 Å². The number of hydrogen-bond donors (Lipinski definition) is 0. The third-order valence-corrected chi connectivity index (χ3v) is 3.95. The zero-order valence-electron chi connectivity index (χ0n) is 14.7. The van der Waals surface area contributed by atoms with E-state index in [2.05, 4.69) is 9.47 Å². The average Bonchev–Trinajstić information content (AvgIpc) is 2.69. The molecule has 0 unspecified atom stereocenters. The maximum absolute atomic E-state index is 12.0. The SMILES string of the molecule is O=C(COC(=O)c1cc(Cl)ccc1[N+](=O)[O-])COC(=O)c1cc(Cl)ccc1[N+](=O)[O-]. The van der Waals surface area contributed by atoms with Crippen molar-refractivity contribution in [1.82, 2.24) is 0 Å². The van der Waals surface area contributed by atoms with Crippen molar-refractivity contribution in [3.8, 4) is 0 Å². The van der Waals surface area contributed by atoms with Gasteiger partial charge in [0.2, 0.25) is 5.78 Å². The first kappa shape index (κ1) is 22.7. The Labute approximate surface area is 177 Å². The second kappa shape index (κ2) is 9.76. The van der Waals surface area contributed by atoms with Crippen molar-refractivity contribution in [3.05, 3.63) is 77.8 Å². The number of ether oxygens (including phenoxy) is 2. The first-order valence-corrected chi connectivity index (χ1v) is 8.59. The van der Waals surface area contributed by atoms with E-state index in [1.165, 1.54) is 12.1 Å². The molecule has 0 spiro atoms. The summed E-state index contributed by atoms with van der Waals surface area (Å²) < 4.78 is 9.37. The van der Waals surface area contributed by atoms with Crippen LogP contribution in [0.2, 0.25) is 10.0 Å². The summed E-state index contributed by atoms with van der Waals surface area (Å²) >= 11 is 11.4. The highest BCUT2D eigenvalue weighted by Gasteiger charge is 2.24. The van der Waals surface area contributed by atoms with Crippen LogP contribution in [-0.4, -0.2) is 40.8 Å². The fraction of sp³-hybridized carbons (Fsp3) is 0.118. The molecule has 0 fully saturated rings. The second-order valence-electron chi connectivity index (χ2n) is 5.53. The van der Waals surface area contributed by atoms with E-state index < -0.39 is 63.3 Å². The second-order valence-corrected chi connectivity index (χ2v) is 6.40. The molecule has 0 aliphatic rings. The molecule has 13 heteroatoms. The van der Waals surface area contributed by atoms with E-state index in [1.54, 1.807) is 0 Å². The Kier molecular flexibility index (Phi) is 7.39. The van der Waals surface area contributed by atoms with Crippen molar-refractivity contribution in [2.24, 2.45) is 0 Å². The lowest BCUT2D eigenvalue weighted by Crippen LogP contribution is -2.21. The smallest absolute Gasteiger partial charge is 0.345 e. The van der Waals surface area contributed by atoms with Crippen LogP contribution in [-0.2, 0) is 14.3 Å². The summed E-state index contributed by atoms with van der Waals surface area (Å²) in [5, 5.41) is 22.0. The topological polar surface area (TPSA) is 156 Å². The molecule has 0 amide bonds. The molecule has 0 atom stereocenters. The minimum absolute atomic E-state index is 0.0379. The lowest BCUT2D eigenvalue weighted by molar-refractivity contribution is -0.385. The predicted octanol–water partition coefficient (Wildman–Crippen LogP) is 3.39. The van der Waals surface area contributed by atoms with Crippen LogP contribution in [0.15, 0.2) is 36.4 Å². The quantitative estimate of drug-likeness (QED) is 0.329. The first-order chi connectivity index (χ1) is 14.1. The Morgan fingerprint density at radius 3 is 1.47 bits per heavy atom.